The molecule has 0 fully saturated rings. The van der Waals surface area contributed by atoms with E-state index in [1.807, 2.05) is 37.2 Å². The lowest BCUT2D eigenvalue weighted by molar-refractivity contribution is -0.130. The number of aromatic amines is 1. The van der Waals surface area contributed by atoms with Crippen molar-refractivity contribution in [3.8, 4) is 0 Å². The van der Waals surface area contributed by atoms with E-state index < -0.39 is 0 Å². The second-order valence-corrected chi connectivity index (χ2v) is 4.33. The molecule has 0 aliphatic rings. The van der Waals surface area contributed by atoms with Crippen LogP contribution in [-0.4, -0.2) is 33.9 Å². The maximum Gasteiger partial charge on any atom is 0.222 e. The number of nitrogens with one attached hydrogen (secondary N) is 1. The lowest BCUT2D eigenvalue weighted by atomic mass is 10.1. The summed E-state index contributed by atoms with van der Waals surface area (Å²) in [5.74, 6) is 0.217. The molecular weight excluding hydrogens is 226 g/mol. The van der Waals surface area contributed by atoms with Crippen LogP contribution < -0.4 is 0 Å². The van der Waals surface area contributed by atoms with Crippen LogP contribution >= 0.6 is 0 Å². The Hall–Kier alpha value is -1.84. The highest BCUT2D eigenvalue weighted by Gasteiger charge is 2.09. The fourth-order valence-corrected chi connectivity index (χ4v) is 2.11. The molecule has 0 aliphatic heterocycles. The molecule has 0 saturated carbocycles. The van der Waals surface area contributed by atoms with Crippen molar-refractivity contribution < 1.29 is 4.79 Å². The van der Waals surface area contributed by atoms with Crippen LogP contribution in [0.2, 0.25) is 0 Å². The Labute approximate surface area is 107 Å². The average molecular weight is 245 g/mol. The quantitative estimate of drug-likeness (QED) is 0.879. The van der Waals surface area contributed by atoms with Crippen LogP contribution in [0.15, 0.2) is 24.5 Å². The Morgan fingerprint density at radius 1 is 1.39 bits per heavy atom. The van der Waals surface area contributed by atoms with Gasteiger partial charge in [-0.3, -0.25) is 4.79 Å². The van der Waals surface area contributed by atoms with Crippen molar-refractivity contribution >= 4 is 16.9 Å². The Kier molecular flexibility index (Phi) is 3.97. The molecule has 1 amide bonds. The zero-order chi connectivity index (χ0) is 13.0. The van der Waals surface area contributed by atoms with Crippen molar-refractivity contribution in [3.05, 3.63) is 30.1 Å². The van der Waals surface area contributed by atoms with Crippen LogP contribution in [0.3, 0.4) is 0 Å². The Morgan fingerprint density at radius 3 is 2.89 bits per heavy atom. The first-order chi connectivity index (χ1) is 8.74. The van der Waals surface area contributed by atoms with Crippen molar-refractivity contribution in [1.29, 1.82) is 0 Å². The largest absolute Gasteiger partial charge is 0.346 e. The number of aromatic nitrogens is 2. The van der Waals surface area contributed by atoms with E-state index in [2.05, 4.69) is 16.0 Å². The molecule has 0 unspecified atom stereocenters. The van der Waals surface area contributed by atoms with Gasteiger partial charge in [0.15, 0.2) is 0 Å². The van der Waals surface area contributed by atoms with Gasteiger partial charge in [0.2, 0.25) is 5.91 Å². The van der Waals surface area contributed by atoms with Gasteiger partial charge in [-0.1, -0.05) is 0 Å². The van der Waals surface area contributed by atoms with E-state index in [1.165, 1.54) is 0 Å². The third-order valence-electron chi connectivity index (χ3n) is 3.20. The molecule has 0 radical (unpaired) electrons. The number of pyridine rings is 1. The van der Waals surface area contributed by atoms with Gasteiger partial charge in [-0.05, 0) is 38.0 Å². The molecule has 2 aromatic rings. The topological polar surface area (TPSA) is 49.0 Å². The molecule has 0 spiro atoms. The van der Waals surface area contributed by atoms with E-state index in [1.54, 1.807) is 0 Å². The molecule has 1 N–H and O–H groups in total. The van der Waals surface area contributed by atoms with Gasteiger partial charge in [-0.15, -0.1) is 0 Å². The number of carbonyl (C=O) groups excluding carboxylic acids is 1. The van der Waals surface area contributed by atoms with Crippen molar-refractivity contribution in [3.63, 3.8) is 0 Å². The summed E-state index contributed by atoms with van der Waals surface area (Å²) in [6.45, 7) is 5.58. The van der Waals surface area contributed by atoms with Crippen molar-refractivity contribution in [2.24, 2.45) is 0 Å². The van der Waals surface area contributed by atoms with Gasteiger partial charge in [0.1, 0.15) is 5.65 Å². The summed E-state index contributed by atoms with van der Waals surface area (Å²) in [6, 6.07) is 4.09. The molecular formula is C14H19N3O. The molecule has 18 heavy (non-hydrogen) atoms. The predicted octanol–water partition coefficient (Wildman–Crippen LogP) is 2.36. The van der Waals surface area contributed by atoms with Gasteiger partial charge >= 0.3 is 0 Å². The summed E-state index contributed by atoms with van der Waals surface area (Å²) < 4.78 is 0. The van der Waals surface area contributed by atoms with Crippen LogP contribution in [0.5, 0.6) is 0 Å². The van der Waals surface area contributed by atoms with Crippen molar-refractivity contribution in [2.75, 3.05) is 13.1 Å². The number of H-pyrrole nitrogens is 1. The summed E-state index contributed by atoms with van der Waals surface area (Å²) >= 11 is 0. The SMILES string of the molecule is CCN(CC)C(=O)CCc1cnc2[nH]ccc2c1. The van der Waals surface area contributed by atoms with Crippen molar-refractivity contribution in [2.45, 2.75) is 26.7 Å². The number of amides is 1. The Bertz CT molecular complexity index is 529. The molecule has 0 aliphatic carbocycles. The average Bonchev–Trinajstić information content (AvgIpc) is 2.85. The van der Waals surface area contributed by atoms with Crippen LogP contribution in [0.1, 0.15) is 25.8 Å². The summed E-state index contributed by atoms with van der Waals surface area (Å²) in [5.41, 5.74) is 2.01. The number of nitrogens with zero attached hydrogens (tertiary/aromatic N) is 2. The highest BCUT2D eigenvalue weighted by molar-refractivity contribution is 5.77. The summed E-state index contributed by atoms with van der Waals surface area (Å²) in [7, 11) is 0. The monoisotopic (exact) mass is 245 g/mol. The predicted molar refractivity (Wildman–Crippen MR) is 72.3 cm³/mol. The molecule has 2 rings (SSSR count). The number of carbonyl (C=O) groups is 1. The number of rotatable bonds is 5. The van der Waals surface area contributed by atoms with Crippen LogP contribution in [0, 0.1) is 0 Å². The summed E-state index contributed by atoms with van der Waals surface area (Å²) in [6.07, 6.45) is 5.03. The van der Waals surface area contributed by atoms with Gasteiger partial charge in [0.05, 0.1) is 0 Å². The highest BCUT2D eigenvalue weighted by atomic mass is 16.2. The molecule has 4 heteroatoms. The third kappa shape index (κ3) is 2.70. The molecule has 0 saturated heterocycles. The lowest BCUT2D eigenvalue weighted by Gasteiger charge is -2.18. The fourth-order valence-electron chi connectivity index (χ4n) is 2.11. The summed E-state index contributed by atoms with van der Waals surface area (Å²) in [5, 5.41) is 1.10. The fraction of sp³-hybridized carbons (Fsp3) is 0.429. The van der Waals surface area contributed by atoms with Gasteiger partial charge < -0.3 is 9.88 Å². The second-order valence-electron chi connectivity index (χ2n) is 4.33. The van der Waals surface area contributed by atoms with Crippen LogP contribution in [0.25, 0.3) is 11.0 Å². The zero-order valence-corrected chi connectivity index (χ0v) is 10.9. The van der Waals surface area contributed by atoms with Crippen molar-refractivity contribution in [1.82, 2.24) is 14.9 Å². The van der Waals surface area contributed by atoms with Crippen LogP contribution in [-0.2, 0) is 11.2 Å². The number of fused-ring (bicyclic) bond motifs is 1. The minimum Gasteiger partial charge on any atom is -0.346 e. The highest BCUT2D eigenvalue weighted by Crippen LogP contribution is 2.13. The molecule has 2 heterocycles. The maximum absolute atomic E-state index is 11.9. The number of hydrogen-bond acceptors (Lipinski definition) is 2. The molecule has 2 aromatic heterocycles. The Balaban J connectivity index is 1.99. The molecule has 0 aromatic carbocycles. The van der Waals surface area contributed by atoms with E-state index in [4.69, 9.17) is 0 Å². The first-order valence-electron chi connectivity index (χ1n) is 6.44. The standard InChI is InChI=1S/C14H19N3O/c1-3-17(4-2)13(18)6-5-11-9-12-7-8-15-14(12)16-10-11/h7-10H,3-6H2,1-2H3,(H,15,16). The molecule has 4 nitrogen and oxygen atoms in total. The third-order valence-corrected chi connectivity index (χ3v) is 3.20. The minimum absolute atomic E-state index is 0.217. The number of aryl methyl sites for hydroxylation is 1. The number of hydrogen-bond donors (Lipinski definition) is 1. The molecule has 0 atom stereocenters. The zero-order valence-electron chi connectivity index (χ0n) is 10.9. The first-order valence-corrected chi connectivity index (χ1v) is 6.44. The van der Waals surface area contributed by atoms with Gasteiger partial charge in [-0.25, -0.2) is 4.98 Å². The van der Waals surface area contributed by atoms with Gasteiger partial charge in [0, 0.05) is 37.3 Å². The minimum atomic E-state index is 0.217. The van der Waals surface area contributed by atoms with E-state index in [-0.39, 0.29) is 5.91 Å². The molecule has 96 valence electrons. The van der Waals surface area contributed by atoms with Gasteiger partial charge in [-0.2, -0.15) is 0 Å². The second kappa shape index (κ2) is 5.67. The normalized spacial score (nSPS) is 10.8. The van der Waals surface area contributed by atoms with Gasteiger partial charge in [0.25, 0.3) is 0 Å². The maximum atomic E-state index is 11.9. The smallest absolute Gasteiger partial charge is 0.222 e. The summed E-state index contributed by atoms with van der Waals surface area (Å²) in [4.78, 5) is 21.1. The molecule has 0 bridgehead atoms. The Morgan fingerprint density at radius 2 is 2.17 bits per heavy atom. The van der Waals surface area contributed by atoms with E-state index in [0.717, 1.165) is 36.1 Å². The van der Waals surface area contributed by atoms with E-state index >= 15 is 0 Å². The lowest BCUT2D eigenvalue weighted by Crippen LogP contribution is -2.30. The van der Waals surface area contributed by atoms with E-state index in [0.29, 0.717) is 6.42 Å². The van der Waals surface area contributed by atoms with E-state index in [9.17, 15) is 4.79 Å². The first kappa shape index (κ1) is 12.6. The van der Waals surface area contributed by atoms with Crippen LogP contribution in [0.4, 0.5) is 0 Å².